The number of fused-ring (bicyclic) bond motifs is 2. The number of phenolic OH excluding ortho intramolecular Hbond substituents is 1. The van der Waals surface area contributed by atoms with Crippen molar-refractivity contribution in [2.45, 2.75) is 13.0 Å². The number of phenols is 1. The molecule has 2 bridgehead atoms. The first kappa shape index (κ1) is 13.7. The van der Waals surface area contributed by atoms with Crippen molar-refractivity contribution in [1.82, 2.24) is 5.32 Å². The molecule has 0 aromatic heterocycles. The van der Waals surface area contributed by atoms with Gasteiger partial charge < -0.3 is 15.5 Å². The number of amides is 1. The number of nitrogens with one attached hydrogen (secondary N) is 1. The van der Waals surface area contributed by atoms with E-state index >= 15 is 0 Å². The van der Waals surface area contributed by atoms with Crippen LogP contribution in [0.3, 0.4) is 0 Å². The molecular formula is C16H17NO4. The molecule has 0 radical (unpaired) electrons. The highest BCUT2D eigenvalue weighted by Gasteiger charge is 2.51. The number of hydrogen-bond acceptors (Lipinski definition) is 3. The average molecular weight is 287 g/mol. The van der Waals surface area contributed by atoms with Gasteiger partial charge >= 0.3 is 5.97 Å². The molecule has 0 aliphatic heterocycles. The molecule has 5 nitrogen and oxygen atoms in total. The van der Waals surface area contributed by atoms with Crippen LogP contribution in [0.5, 0.6) is 5.75 Å². The van der Waals surface area contributed by atoms with E-state index in [9.17, 15) is 19.8 Å². The van der Waals surface area contributed by atoms with Crippen molar-refractivity contribution < 1.29 is 19.8 Å². The molecule has 21 heavy (non-hydrogen) atoms. The summed E-state index contributed by atoms with van der Waals surface area (Å²) in [6.07, 6.45) is 4.61. The van der Waals surface area contributed by atoms with Crippen LogP contribution < -0.4 is 5.32 Å². The molecule has 1 amide bonds. The van der Waals surface area contributed by atoms with Crippen LogP contribution in [0.2, 0.25) is 0 Å². The molecule has 3 rings (SSSR count). The number of hydrogen-bond donors (Lipinski definition) is 3. The smallest absolute Gasteiger partial charge is 0.307 e. The largest absolute Gasteiger partial charge is 0.508 e. The number of aliphatic carboxylic acids is 1. The summed E-state index contributed by atoms with van der Waals surface area (Å²) in [5.41, 5.74) is 0.622. The summed E-state index contributed by atoms with van der Waals surface area (Å²) in [5.74, 6) is -2.20. The maximum atomic E-state index is 12.3. The van der Waals surface area contributed by atoms with E-state index in [1.807, 2.05) is 12.2 Å². The molecule has 0 spiro atoms. The van der Waals surface area contributed by atoms with E-state index in [4.69, 9.17) is 0 Å². The predicted molar refractivity (Wildman–Crippen MR) is 75.3 cm³/mol. The lowest BCUT2D eigenvalue weighted by Crippen LogP contribution is -2.39. The average Bonchev–Trinajstić information content (AvgIpc) is 3.06. The molecule has 110 valence electrons. The predicted octanol–water partition coefficient (Wildman–Crippen LogP) is 1.53. The van der Waals surface area contributed by atoms with Gasteiger partial charge in [0.15, 0.2) is 0 Å². The Morgan fingerprint density at radius 3 is 2.48 bits per heavy atom. The lowest BCUT2D eigenvalue weighted by Gasteiger charge is -2.23. The minimum atomic E-state index is -0.908. The van der Waals surface area contributed by atoms with Crippen LogP contribution >= 0.6 is 0 Å². The molecule has 3 N–H and O–H groups in total. The zero-order chi connectivity index (χ0) is 15.0. The van der Waals surface area contributed by atoms with E-state index in [-0.39, 0.29) is 30.0 Å². The van der Waals surface area contributed by atoms with Gasteiger partial charge in [-0.05, 0) is 24.3 Å². The minimum absolute atomic E-state index is 0.0143. The Kier molecular flexibility index (Phi) is 3.41. The van der Waals surface area contributed by atoms with Gasteiger partial charge in [0.25, 0.3) is 0 Å². The molecule has 1 saturated carbocycles. The first-order valence-corrected chi connectivity index (χ1v) is 7.03. The number of carbonyl (C=O) groups excluding carboxylic acids is 1. The van der Waals surface area contributed by atoms with Crippen LogP contribution in [0, 0.1) is 23.7 Å². The van der Waals surface area contributed by atoms with Gasteiger partial charge in [0.2, 0.25) is 5.91 Å². The lowest BCUT2D eigenvalue weighted by molar-refractivity contribution is -0.147. The number of carboxylic acids is 1. The Morgan fingerprint density at radius 1 is 1.14 bits per heavy atom. The molecule has 0 saturated heterocycles. The third kappa shape index (κ3) is 2.39. The monoisotopic (exact) mass is 287 g/mol. The van der Waals surface area contributed by atoms with Gasteiger partial charge in [-0.25, -0.2) is 0 Å². The van der Waals surface area contributed by atoms with Gasteiger partial charge in [-0.15, -0.1) is 0 Å². The van der Waals surface area contributed by atoms with Crippen LogP contribution in [0.15, 0.2) is 36.4 Å². The van der Waals surface area contributed by atoms with Gasteiger partial charge in [-0.1, -0.05) is 30.4 Å². The van der Waals surface area contributed by atoms with Gasteiger partial charge in [-0.3, -0.25) is 9.59 Å². The maximum Gasteiger partial charge on any atom is 0.307 e. The number of rotatable bonds is 4. The van der Waals surface area contributed by atoms with E-state index in [0.717, 1.165) is 6.42 Å². The van der Waals surface area contributed by atoms with Crippen LogP contribution in [-0.4, -0.2) is 22.1 Å². The van der Waals surface area contributed by atoms with E-state index in [1.54, 1.807) is 24.3 Å². The second kappa shape index (κ2) is 5.24. The summed E-state index contributed by atoms with van der Waals surface area (Å²) in [4.78, 5) is 23.7. The molecule has 2 aliphatic carbocycles. The number of aromatic hydroxyl groups is 1. The van der Waals surface area contributed by atoms with Crippen molar-refractivity contribution in [3.63, 3.8) is 0 Å². The van der Waals surface area contributed by atoms with Crippen molar-refractivity contribution in [2.75, 3.05) is 0 Å². The topological polar surface area (TPSA) is 86.6 Å². The second-order valence-corrected chi connectivity index (χ2v) is 5.68. The molecule has 1 aromatic rings. The Balaban J connectivity index is 1.69. The highest BCUT2D eigenvalue weighted by atomic mass is 16.4. The fraction of sp³-hybridized carbons (Fsp3) is 0.375. The summed E-state index contributed by atoms with van der Waals surface area (Å²) in [6.45, 7) is 0.204. The standard InChI is InChI=1S/C16H17NO4/c18-12-4-2-1-3-11(12)8-17-15(19)13-9-5-6-10(7-9)14(13)16(20)21/h1-6,9-10,13-14,18H,7-8H2,(H,17,19)(H,20,21)/t9?,10?,13-,14+/m0/s1. The highest BCUT2D eigenvalue weighted by molar-refractivity contribution is 5.86. The number of allylic oxidation sites excluding steroid dienone is 2. The SMILES string of the molecule is O=C(O)[C@@H]1C2C=CC(C2)[C@@H]1C(=O)NCc1ccccc1O. The van der Waals surface area contributed by atoms with E-state index in [1.165, 1.54) is 0 Å². The molecule has 2 aliphatic rings. The fourth-order valence-corrected chi connectivity index (χ4v) is 3.48. The minimum Gasteiger partial charge on any atom is -0.508 e. The Labute approximate surface area is 122 Å². The third-order valence-electron chi connectivity index (χ3n) is 4.49. The second-order valence-electron chi connectivity index (χ2n) is 5.68. The van der Waals surface area contributed by atoms with Gasteiger partial charge in [0.05, 0.1) is 11.8 Å². The fourth-order valence-electron chi connectivity index (χ4n) is 3.48. The highest BCUT2D eigenvalue weighted by Crippen LogP contribution is 2.48. The molecule has 1 fully saturated rings. The van der Waals surface area contributed by atoms with Crippen molar-refractivity contribution >= 4 is 11.9 Å². The number of benzene rings is 1. The zero-order valence-corrected chi connectivity index (χ0v) is 11.4. The summed E-state index contributed by atoms with van der Waals surface area (Å²) in [7, 11) is 0. The van der Waals surface area contributed by atoms with Crippen molar-refractivity contribution in [3.05, 3.63) is 42.0 Å². The first-order chi connectivity index (χ1) is 10.1. The molecule has 5 heteroatoms. The van der Waals surface area contributed by atoms with Crippen LogP contribution in [0.1, 0.15) is 12.0 Å². The summed E-state index contributed by atoms with van der Waals surface area (Å²) in [6, 6.07) is 6.77. The third-order valence-corrected chi connectivity index (χ3v) is 4.49. The Morgan fingerprint density at radius 2 is 1.81 bits per heavy atom. The van der Waals surface area contributed by atoms with Gasteiger partial charge in [0, 0.05) is 12.1 Å². The van der Waals surface area contributed by atoms with Crippen molar-refractivity contribution in [2.24, 2.45) is 23.7 Å². The first-order valence-electron chi connectivity index (χ1n) is 7.03. The number of carbonyl (C=O) groups is 2. The molecule has 1 aromatic carbocycles. The van der Waals surface area contributed by atoms with Crippen LogP contribution in [0.25, 0.3) is 0 Å². The molecule has 4 atom stereocenters. The van der Waals surface area contributed by atoms with Crippen molar-refractivity contribution in [3.8, 4) is 5.75 Å². The van der Waals surface area contributed by atoms with Gasteiger partial charge in [-0.2, -0.15) is 0 Å². The van der Waals surface area contributed by atoms with E-state index in [2.05, 4.69) is 5.32 Å². The van der Waals surface area contributed by atoms with Crippen LogP contribution in [0.4, 0.5) is 0 Å². The van der Waals surface area contributed by atoms with Crippen molar-refractivity contribution in [1.29, 1.82) is 0 Å². The normalized spacial score (nSPS) is 29.5. The molecule has 2 unspecified atom stereocenters. The molecular weight excluding hydrogens is 270 g/mol. The Bertz CT molecular complexity index is 610. The Hall–Kier alpha value is -2.30. The quantitative estimate of drug-likeness (QED) is 0.733. The summed E-state index contributed by atoms with van der Waals surface area (Å²) < 4.78 is 0. The van der Waals surface area contributed by atoms with E-state index < -0.39 is 17.8 Å². The maximum absolute atomic E-state index is 12.3. The number of carboxylic acid groups (broad SMARTS) is 1. The van der Waals surface area contributed by atoms with Gasteiger partial charge in [0.1, 0.15) is 5.75 Å². The molecule has 0 heterocycles. The van der Waals surface area contributed by atoms with E-state index in [0.29, 0.717) is 5.56 Å². The van der Waals surface area contributed by atoms with Crippen LogP contribution in [-0.2, 0) is 16.1 Å². The zero-order valence-electron chi connectivity index (χ0n) is 11.4. The summed E-state index contributed by atoms with van der Waals surface area (Å²) >= 11 is 0. The number of para-hydroxylation sites is 1. The lowest BCUT2D eigenvalue weighted by atomic mass is 9.82. The summed E-state index contributed by atoms with van der Waals surface area (Å²) in [5, 5.41) is 21.8.